The molecule has 0 bridgehead atoms. The molecule has 17 heavy (non-hydrogen) atoms. The van der Waals surface area contributed by atoms with Crippen LogP contribution in [0.1, 0.15) is 27.2 Å². The predicted octanol–water partition coefficient (Wildman–Crippen LogP) is 0.275. The van der Waals surface area contributed by atoms with Gasteiger partial charge >= 0.3 is 0 Å². The molecule has 3 N–H and O–H groups in total. The number of hydrogen-bond donors (Lipinski definition) is 2. The number of carbonyl (C=O) groups is 1. The first-order valence-electron chi connectivity index (χ1n) is 6.33. The monoisotopic (exact) mass is 244 g/mol. The summed E-state index contributed by atoms with van der Waals surface area (Å²) in [5.41, 5.74) is 2.23. The maximum absolute atomic E-state index is 11.5. The van der Waals surface area contributed by atoms with Crippen LogP contribution in [-0.4, -0.2) is 55.5 Å². The highest BCUT2D eigenvalue weighted by atomic mass is 16.2. The molecule has 5 heteroatoms. The van der Waals surface area contributed by atoms with Gasteiger partial charge in [0.1, 0.15) is 0 Å². The van der Waals surface area contributed by atoms with E-state index in [2.05, 4.69) is 43.2 Å². The van der Waals surface area contributed by atoms with Crippen LogP contribution in [-0.2, 0) is 4.79 Å². The Bertz CT molecular complexity index is 221. The maximum atomic E-state index is 11.5. The van der Waals surface area contributed by atoms with Crippen LogP contribution in [0.4, 0.5) is 0 Å². The van der Waals surface area contributed by atoms with Crippen molar-refractivity contribution in [2.24, 2.45) is 11.8 Å². The first kappa shape index (κ1) is 16.4. The van der Waals surface area contributed by atoms with Crippen LogP contribution in [0.15, 0.2) is 0 Å². The van der Waals surface area contributed by atoms with Crippen molar-refractivity contribution in [2.45, 2.75) is 33.2 Å². The average Bonchev–Trinajstić information content (AvgIpc) is 2.31. The van der Waals surface area contributed by atoms with Crippen LogP contribution in [0, 0.1) is 5.92 Å². The highest BCUT2D eigenvalue weighted by Crippen LogP contribution is 2.11. The molecule has 2 atom stereocenters. The van der Waals surface area contributed by atoms with Crippen molar-refractivity contribution in [3.8, 4) is 0 Å². The van der Waals surface area contributed by atoms with Crippen LogP contribution in [0.2, 0.25) is 0 Å². The molecule has 0 aliphatic rings. The lowest BCUT2D eigenvalue weighted by atomic mass is 10.0. The van der Waals surface area contributed by atoms with E-state index in [0.717, 1.165) is 26.1 Å². The molecule has 0 rings (SSSR count). The molecule has 1 amide bonds. The molecular weight excluding hydrogens is 216 g/mol. The van der Waals surface area contributed by atoms with E-state index >= 15 is 0 Å². The van der Waals surface area contributed by atoms with E-state index in [4.69, 9.17) is 5.84 Å². The van der Waals surface area contributed by atoms with Crippen molar-refractivity contribution in [2.75, 3.05) is 33.7 Å². The largest absolute Gasteiger partial charge is 0.308 e. The molecule has 5 nitrogen and oxygen atoms in total. The molecule has 102 valence electrons. The normalized spacial score (nSPS) is 15.1. The van der Waals surface area contributed by atoms with Gasteiger partial charge in [0, 0.05) is 19.1 Å². The topological polar surface area (TPSA) is 61.6 Å². The highest BCUT2D eigenvalue weighted by Gasteiger charge is 2.24. The van der Waals surface area contributed by atoms with Gasteiger partial charge in [-0.2, -0.15) is 0 Å². The van der Waals surface area contributed by atoms with Crippen LogP contribution in [0.3, 0.4) is 0 Å². The van der Waals surface area contributed by atoms with Gasteiger partial charge in [-0.3, -0.25) is 15.1 Å². The fraction of sp³-hybridized carbons (Fsp3) is 0.917. The second kappa shape index (κ2) is 8.44. The summed E-state index contributed by atoms with van der Waals surface area (Å²) < 4.78 is 0. The summed E-state index contributed by atoms with van der Waals surface area (Å²) in [5, 5.41) is 0. The van der Waals surface area contributed by atoms with Crippen LogP contribution in [0.25, 0.3) is 0 Å². The zero-order chi connectivity index (χ0) is 13.4. The zero-order valence-electron chi connectivity index (χ0n) is 11.9. The quantitative estimate of drug-likeness (QED) is 0.366. The molecule has 0 aromatic carbocycles. The van der Waals surface area contributed by atoms with Crippen molar-refractivity contribution >= 4 is 5.91 Å². The second-order valence-electron chi connectivity index (χ2n) is 4.88. The lowest BCUT2D eigenvalue weighted by Crippen LogP contribution is -2.47. The summed E-state index contributed by atoms with van der Waals surface area (Å²) in [5.74, 6) is 5.00. The molecule has 0 aromatic rings. The summed E-state index contributed by atoms with van der Waals surface area (Å²) in [7, 11) is 4.12. The maximum Gasteiger partial charge on any atom is 0.238 e. The molecule has 0 spiro atoms. The Morgan fingerprint density at radius 1 is 1.24 bits per heavy atom. The number of nitrogens with one attached hydrogen (secondary N) is 1. The minimum atomic E-state index is -0.0940. The van der Waals surface area contributed by atoms with Crippen LogP contribution < -0.4 is 11.3 Å². The highest BCUT2D eigenvalue weighted by molar-refractivity contribution is 5.78. The summed E-state index contributed by atoms with van der Waals surface area (Å²) in [4.78, 5) is 16.0. The van der Waals surface area contributed by atoms with Gasteiger partial charge in [-0.15, -0.1) is 0 Å². The van der Waals surface area contributed by atoms with E-state index in [-0.39, 0.29) is 17.9 Å². The predicted molar refractivity (Wildman–Crippen MR) is 71.4 cm³/mol. The number of likely N-dealkylation sites (N-methyl/N-ethyl adjacent to an activating group) is 1. The standard InChI is InChI=1S/C12H28N4O/c1-6-7-16(9-8-15(4)5)11(3)10(2)12(17)14-13/h10-11H,6-9,13H2,1-5H3,(H,14,17). The second-order valence-corrected chi connectivity index (χ2v) is 4.88. The molecule has 0 saturated carbocycles. The number of hydrogen-bond acceptors (Lipinski definition) is 4. The zero-order valence-corrected chi connectivity index (χ0v) is 11.9. The Morgan fingerprint density at radius 2 is 1.82 bits per heavy atom. The van der Waals surface area contributed by atoms with Gasteiger partial charge in [0.05, 0.1) is 5.92 Å². The third-order valence-corrected chi connectivity index (χ3v) is 3.20. The van der Waals surface area contributed by atoms with E-state index in [1.165, 1.54) is 0 Å². The molecule has 2 unspecified atom stereocenters. The SMILES string of the molecule is CCCN(CCN(C)C)C(C)C(C)C(=O)NN. The summed E-state index contributed by atoms with van der Waals surface area (Å²) in [6.45, 7) is 9.15. The lowest BCUT2D eigenvalue weighted by molar-refractivity contribution is -0.126. The van der Waals surface area contributed by atoms with E-state index in [0.29, 0.717) is 0 Å². The van der Waals surface area contributed by atoms with Crippen molar-refractivity contribution in [3.63, 3.8) is 0 Å². The van der Waals surface area contributed by atoms with E-state index in [1.807, 2.05) is 6.92 Å². The number of rotatable bonds is 8. The number of nitrogens with two attached hydrogens (primary N) is 1. The molecule has 0 aromatic heterocycles. The van der Waals surface area contributed by atoms with E-state index in [1.54, 1.807) is 0 Å². The number of amides is 1. The Morgan fingerprint density at radius 3 is 2.24 bits per heavy atom. The van der Waals surface area contributed by atoms with Crippen molar-refractivity contribution in [3.05, 3.63) is 0 Å². The number of hydrazine groups is 1. The smallest absolute Gasteiger partial charge is 0.238 e. The summed E-state index contributed by atoms with van der Waals surface area (Å²) in [6.07, 6.45) is 1.09. The summed E-state index contributed by atoms with van der Waals surface area (Å²) in [6, 6.07) is 0.207. The van der Waals surface area contributed by atoms with Crippen LogP contribution in [0.5, 0.6) is 0 Å². The van der Waals surface area contributed by atoms with Gasteiger partial charge in [0.2, 0.25) is 5.91 Å². The molecule has 0 saturated heterocycles. The van der Waals surface area contributed by atoms with E-state index in [9.17, 15) is 4.79 Å². The van der Waals surface area contributed by atoms with E-state index < -0.39 is 0 Å². The van der Waals surface area contributed by atoms with Gasteiger partial charge in [-0.05, 0) is 34.0 Å². The number of carbonyl (C=O) groups excluding carboxylic acids is 1. The van der Waals surface area contributed by atoms with Crippen molar-refractivity contribution in [1.29, 1.82) is 0 Å². The molecule has 0 aliphatic carbocycles. The van der Waals surface area contributed by atoms with Gasteiger partial charge in [0.25, 0.3) is 0 Å². The molecule has 0 aliphatic heterocycles. The molecule has 0 fully saturated rings. The summed E-state index contributed by atoms with van der Waals surface area (Å²) >= 11 is 0. The fourth-order valence-corrected chi connectivity index (χ4v) is 1.80. The van der Waals surface area contributed by atoms with Gasteiger partial charge in [-0.1, -0.05) is 13.8 Å². The van der Waals surface area contributed by atoms with Crippen LogP contribution >= 0.6 is 0 Å². The molecule has 0 heterocycles. The minimum absolute atomic E-state index is 0.0892. The van der Waals surface area contributed by atoms with Gasteiger partial charge in [-0.25, -0.2) is 5.84 Å². The third kappa shape index (κ3) is 6.00. The first-order chi connectivity index (χ1) is 7.93. The number of nitrogens with zero attached hydrogens (tertiary/aromatic N) is 2. The van der Waals surface area contributed by atoms with Gasteiger partial charge < -0.3 is 4.90 Å². The van der Waals surface area contributed by atoms with Crippen molar-refractivity contribution in [1.82, 2.24) is 15.2 Å². The molecule has 0 radical (unpaired) electrons. The lowest BCUT2D eigenvalue weighted by Gasteiger charge is -2.32. The Kier molecular flexibility index (Phi) is 8.12. The van der Waals surface area contributed by atoms with Crippen molar-refractivity contribution < 1.29 is 4.79 Å². The first-order valence-corrected chi connectivity index (χ1v) is 6.33. The Labute approximate surface area is 105 Å². The molecular formula is C12H28N4O. The fourth-order valence-electron chi connectivity index (χ4n) is 1.80. The van der Waals surface area contributed by atoms with Gasteiger partial charge in [0.15, 0.2) is 0 Å². The Balaban J connectivity index is 4.40. The minimum Gasteiger partial charge on any atom is -0.308 e. The Hall–Kier alpha value is -0.650. The third-order valence-electron chi connectivity index (χ3n) is 3.20. The average molecular weight is 244 g/mol.